The van der Waals surface area contributed by atoms with Crippen LogP contribution in [-0.2, 0) is 36.8 Å². The van der Waals surface area contributed by atoms with E-state index in [4.69, 9.17) is 30.0 Å². The number of anilines is 1. The Balaban J connectivity index is 1.06. The van der Waals surface area contributed by atoms with Gasteiger partial charge in [-0.3, -0.25) is 39.2 Å². The minimum absolute atomic E-state index is 0.0843. The zero-order valence-electron chi connectivity index (χ0n) is 23.4. The molecule has 12 N–H and O–H groups in total. The molecule has 0 bridgehead atoms. The van der Waals surface area contributed by atoms with Crippen LogP contribution in [-0.4, -0.2) is 113 Å². The number of phosphoric ester groups is 2. The molecule has 2 aromatic heterocycles. The molecule has 0 radical (unpaired) electrons. The third kappa shape index (κ3) is 6.88. The molecule has 4 aliphatic heterocycles. The summed E-state index contributed by atoms with van der Waals surface area (Å²) in [6.07, 6.45) is -8.20. The van der Waals surface area contributed by atoms with E-state index in [2.05, 4.69) is 65.5 Å². The number of phosphoric acid groups is 2. The Labute approximate surface area is 273 Å². The lowest BCUT2D eigenvalue weighted by Gasteiger charge is -2.43. The number of imidazole rings is 1. The van der Waals surface area contributed by atoms with Crippen LogP contribution in [0, 0.1) is 0 Å². The molecule has 6 rings (SSSR count). The highest BCUT2D eigenvalue weighted by Gasteiger charge is 2.48. The van der Waals surface area contributed by atoms with Gasteiger partial charge in [0.15, 0.2) is 29.9 Å². The molecule has 2 aromatic rings. The fourth-order valence-electron chi connectivity index (χ4n) is 5.11. The number of hydrogen-bond donors (Lipinski definition) is 12. The third-order valence-corrected chi connectivity index (χ3v) is 11.1. The smallest absolute Gasteiger partial charge is 0.387 e. The number of H-pyrrole nitrogens is 1. The molecule has 4 unspecified atom stereocenters. The van der Waals surface area contributed by atoms with E-state index in [9.17, 15) is 38.7 Å². The van der Waals surface area contributed by atoms with Crippen LogP contribution in [0.1, 0.15) is 6.23 Å². The molecule has 47 heavy (non-hydrogen) atoms. The van der Waals surface area contributed by atoms with Crippen molar-refractivity contribution < 1.29 is 56.8 Å². The van der Waals surface area contributed by atoms with Gasteiger partial charge in [0.2, 0.25) is 11.9 Å². The number of nitrogens with zero attached hydrogens (tertiary/aromatic N) is 4. The van der Waals surface area contributed by atoms with E-state index < -0.39 is 95.6 Å². The number of carbonyl (C=O) groups is 1. The lowest BCUT2D eigenvalue weighted by atomic mass is 10.0. The Morgan fingerprint density at radius 1 is 1.04 bits per heavy atom. The fourth-order valence-corrected chi connectivity index (χ4v) is 7.81. The highest BCUT2D eigenvalue weighted by molar-refractivity contribution is 7.88. The number of nitrogens with one attached hydrogen (secondary N) is 4. The van der Waals surface area contributed by atoms with Crippen LogP contribution in [0.25, 0.3) is 11.2 Å². The molecule has 23 nitrogen and oxygen atoms in total. The minimum atomic E-state index is -5.37. The zero-order chi connectivity index (χ0) is 34.0. The Kier molecular flexibility index (Phi) is 9.36. The van der Waals surface area contributed by atoms with E-state index in [0.717, 1.165) is 10.9 Å². The molecule has 1 amide bonds. The Morgan fingerprint density at radius 2 is 1.74 bits per heavy atom. The number of aliphatic hydroxyl groups is 2. The highest BCUT2D eigenvalue weighted by atomic mass is 32.1. The number of aromatic amines is 1. The maximum Gasteiger partial charge on any atom is 0.481 e. The second kappa shape index (κ2) is 12.8. The quantitative estimate of drug-likeness (QED) is 0.0862. The predicted octanol–water partition coefficient (Wildman–Crippen LogP) is -3.93. The standard InChI is InChI=1S/C20H28N10O13P2S2/c21-19-26-13-7(15(33)28-19)24-6-12(47)11(46)5(41-17(6)25-13)2-40-45(37,38)43-44(35,36)39-1-4-9(31)10(32)18(42-4)30-3-23-8-14(30)27-20(22)29-16(8)34/h3-7,9-10,17-19,24,31-32,46-47H,1-2,21H2,(H,25,26)(H,28,33)(H,35,36)(H,37,38)(H3,22,27,29,34)/t4-,5-,6+,7?,9-,10-,17-,18-,19?/m1/s1. The van der Waals surface area contributed by atoms with E-state index >= 15 is 0 Å². The number of nitrogen functional groups attached to an aromatic ring is 1. The van der Waals surface area contributed by atoms with Crippen LogP contribution in [0.2, 0.25) is 0 Å². The number of ether oxygens (including phenoxy) is 2. The number of thiol groups is 2. The molecule has 27 heteroatoms. The second-order valence-electron chi connectivity index (χ2n) is 10.4. The van der Waals surface area contributed by atoms with Crippen molar-refractivity contribution in [3.8, 4) is 0 Å². The van der Waals surface area contributed by atoms with Gasteiger partial charge in [-0.2, -0.15) is 9.29 Å². The summed E-state index contributed by atoms with van der Waals surface area (Å²) in [5, 5.41) is 29.3. The number of amides is 1. The first kappa shape index (κ1) is 34.4. The lowest BCUT2D eigenvalue weighted by molar-refractivity contribution is -0.124. The van der Waals surface area contributed by atoms with Crippen molar-refractivity contribution >= 4 is 69.8 Å². The van der Waals surface area contributed by atoms with Gasteiger partial charge in [-0.25, -0.2) is 19.1 Å². The van der Waals surface area contributed by atoms with Crippen LogP contribution in [0.15, 0.2) is 25.9 Å². The van der Waals surface area contributed by atoms with Crippen LogP contribution in [0.5, 0.6) is 0 Å². The number of hydrogen-bond acceptors (Lipinski definition) is 20. The largest absolute Gasteiger partial charge is 0.481 e. The van der Waals surface area contributed by atoms with Crippen molar-refractivity contribution in [2.24, 2.45) is 10.7 Å². The van der Waals surface area contributed by atoms with Crippen LogP contribution < -0.4 is 33.0 Å². The van der Waals surface area contributed by atoms with Gasteiger partial charge in [0.1, 0.15) is 36.3 Å². The average molecular weight is 743 g/mol. The number of rotatable bonds is 9. The second-order valence-corrected chi connectivity index (χ2v) is 14.4. The molecule has 0 aliphatic carbocycles. The summed E-state index contributed by atoms with van der Waals surface area (Å²) in [5.74, 6) is -0.508. The van der Waals surface area contributed by atoms with Gasteiger partial charge in [0.05, 0.1) is 25.6 Å². The van der Waals surface area contributed by atoms with Crippen molar-refractivity contribution in [3.63, 3.8) is 0 Å². The van der Waals surface area contributed by atoms with Crippen LogP contribution in [0.4, 0.5) is 5.95 Å². The van der Waals surface area contributed by atoms with Gasteiger partial charge < -0.3 is 45.8 Å². The molecule has 4 aliphatic rings. The van der Waals surface area contributed by atoms with Crippen molar-refractivity contribution in [3.05, 3.63) is 26.5 Å². The average Bonchev–Trinajstić information content (AvgIpc) is 3.52. The summed E-state index contributed by atoms with van der Waals surface area (Å²) < 4.78 is 51.6. The Bertz CT molecular complexity index is 1810. The number of nitrogens with two attached hydrogens (primary N) is 2. The van der Waals surface area contributed by atoms with Crippen molar-refractivity contribution in [1.82, 2.24) is 35.5 Å². The molecule has 0 spiro atoms. The SMILES string of the molecule is Nc1nc2c(ncn2[C@@H]2O[C@H](COP(=O)(O)OP(=O)(O)OC[C@H]3O[C@H]4N=C5NC(N)NC(=O)C5N[C@H]4C(S)=C3S)[C@@H](O)[C@H]2O)c(=O)[nH]1. The number of aliphatic imine (C=N–C) groups is 1. The summed E-state index contributed by atoms with van der Waals surface area (Å²) in [5.41, 5.74) is 10.4. The van der Waals surface area contributed by atoms with Gasteiger partial charge in [-0.05, 0) is 0 Å². The van der Waals surface area contributed by atoms with E-state index in [1.165, 1.54) is 0 Å². The maximum absolute atomic E-state index is 12.6. The fraction of sp³-hybridized carbons (Fsp3) is 0.550. The summed E-state index contributed by atoms with van der Waals surface area (Å²) in [6, 6.07) is -1.60. The van der Waals surface area contributed by atoms with Gasteiger partial charge in [-0.1, -0.05) is 0 Å². The molecular weight excluding hydrogens is 714 g/mol. The number of carbonyl (C=O) groups excluding carboxylic acids is 1. The zero-order valence-corrected chi connectivity index (χ0v) is 27.0. The van der Waals surface area contributed by atoms with Crippen molar-refractivity contribution in [2.75, 3.05) is 18.9 Å². The Hall–Kier alpha value is -2.45. The lowest BCUT2D eigenvalue weighted by Crippen LogP contribution is -2.73. The van der Waals surface area contributed by atoms with Gasteiger partial charge in [-0.15, -0.1) is 25.3 Å². The molecule has 6 heterocycles. The number of aliphatic hydroxyl groups excluding tert-OH is 2. The van der Waals surface area contributed by atoms with E-state index in [1.54, 1.807) is 0 Å². The Morgan fingerprint density at radius 3 is 2.47 bits per heavy atom. The van der Waals surface area contributed by atoms with E-state index in [-0.39, 0.29) is 32.8 Å². The topological polar surface area (TPSA) is 342 Å². The number of amidine groups is 1. The number of aromatic nitrogens is 4. The van der Waals surface area contributed by atoms with Crippen molar-refractivity contribution in [1.29, 1.82) is 0 Å². The van der Waals surface area contributed by atoms with Crippen LogP contribution >= 0.6 is 40.9 Å². The predicted molar refractivity (Wildman–Crippen MR) is 162 cm³/mol. The minimum Gasteiger partial charge on any atom is -0.387 e. The monoisotopic (exact) mass is 742 g/mol. The molecule has 258 valence electrons. The number of fused-ring (bicyclic) bond motifs is 3. The molecule has 2 fully saturated rings. The molecule has 0 saturated carbocycles. The van der Waals surface area contributed by atoms with Gasteiger partial charge in [0.25, 0.3) is 5.56 Å². The first-order valence-electron chi connectivity index (χ1n) is 13.4. The summed E-state index contributed by atoms with van der Waals surface area (Å²) in [4.78, 5) is 59.5. The van der Waals surface area contributed by atoms with Crippen LogP contribution in [0.3, 0.4) is 0 Å². The molecule has 2 saturated heterocycles. The first-order valence-corrected chi connectivity index (χ1v) is 17.3. The summed E-state index contributed by atoms with van der Waals surface area (Å²) in [6.45, 7) is -1.66. The summed E-state index contributed by atoms with van der Waals surface area (Å²) >= 11 is 8.76. The maximum atomic E-state index is 12.6. The first-order chi connectivity index (χ1) is 22.0. The molecule has 0 aromatic carbocycles. The molecular formula is C20H28N10O13P2S2. The van der Waals surface area contributed by atoms with E-state index in [1.807, 2.05) is 0 Å². The van der Waals surface area contributed by atoms with Gasteiger partial charge >= 0.3 is 15.6 Å². The van der Waals surface area contributed by atoms with Crippen molar-refractivity contribution in [2.45, 2.75) is 55.2 Å². The van der Waals surface area contributed by atoms with Gasteiger partial charge in [0, 0.05) is 9.81 Å². The van der Waals surface area contributed by atoms with E-state index in [0.29, 0.717) is 0 Å². The highest BCUT2D eigenvalue weighted by Crippen LogP contribution is 2.61. The normalized spacial score (nSPS) is 34.9. The summed E-state index contributed by atoms with van der Waals surface area (Å²) in [7, 11) is -10.7. The third-order valence-electron chi connectivity index (χ3n) is 7.26. The molecule has 11 atom stereocenters.